The number of rotatable bonds is 7. The number of amides is 1. The highest BCUT2D eigenvalue weighted by molar-refractivity contribution is 7.89. The van der Waals surface area contributed by atoms with Crippen LogP contribution in [-0.4, -0.2) is 31.9 Å². The predicted octanol–water partition coefficient (Wildman–Crippen LogP) is -0.0324. The highest BCUT2D eigenvalue weighted by atomic mass is 35.5. The number of nitrogens with zero attached hydrogens (tertiary/aromatic N) is 1. The molecule has 0 aliphatic heterocycles. The van der Waals surface area contributed by atoms with E-state index in [1.165, 1.54) is 6.07 Å². The Labute approximate surface area is 127 Å². The number of pyridine rings is 1. The molecule has 5 N–H and O–H groups in total. The molecule has 2 rings (SSSR count). The van der Waals surface area contributed by atoms with Crippen LogP contribution in [0.3, 0.4) is 0 Å². The van der Waals surface area contributed by atoms with E-state index in [9.17, 15) is 13.2 Å². The van der Waals surface area contributed by atoms with Gasteiger partial charge in [-0.1, -0.05) is 11.6 Å². The van der Waals surface area contributed by atoms with Gasteiger partial charge in [-0.2, -0.15) is 0 Å². The van der Waals surface area contributed by atoms with Gasteiger partial charge < -0.3 is 10.7 Å². The number of sulfonamides is 1. The second-order valence-electron chi connectivity index (χ2n) is 4.64. The van der Waals surface area contributed by atoms with Crippen LogP contribution in [0, 0.1) is 0 Å². The molecule has 10 heteroatoms. The molecule has 0 saturated heterocycles. The number of hydrogen-bond donors (Lipinski definition) is 4. The minimum absolute atomic E-state index is 0.00932. The molecule has 1 heterocycles. The van der Waals surface area contributed by atoms with Crippen molar-refractivity contribution in [2.75, 3.05) is 12.0 Å². The minimum atomic E-state index is -3.76. The molecule has 116 valence electrons. The molecule has 1 aliphatic carbocycles. The predicted molar refractivity (Wildman–Crippen MR) is 78.0 cm³/mol. The summed E-state index contributed by atoms with van der Waals surface area (Å²) >= 11 is 5.82. The van der Waals surface area contributed by atoms with Crippen LogP contribution in [0.15, 0.2) is 17.2 Å². The molecule has 0 spiro atoms. The molecule has 0 radical (unpaired) electrons. The van der Waals surface area contributed by atoms with Gasteiger partial charge in [-0.3, -0.25) is 4.79 Å². The van der Waals surface area contributed by atoms with Crippen LogP contribution in [-0.2, 0) is 14.8 Å². The summed E-state index contributed by atoms with van der Waals surface area (Å²) in [4.78, 5) is 15.2. The Bertz CT molecular complexity index is 633. The Morgan fingerprint density at radius 1 is 1.48 bits per heavy atom. The lowest BCUT2D eigenvalue weighted by molar-refractivity contribution is -0.121. The number of nitrogens with one attached hydrogen (secondary N) is 3. The Kier molecular flexibility index (Phi) is 4.99. The third kappa shape index (κ3) is 4.53. The molecule has 0 atom stereocenters. The number of carbonyl (C=O) groups is 1. The maximum atomic E-state index is 12.0. The molecule has 21 heavy (non-hydrogen) atoms. The molecule has 1 saturated carbocycles. The summed E-state index contributed by atoms with van der Waals surface area (Å²) in [5.41, 5.74) is 2.24. The monoisotopic (exact) mass is 333 g/mol. The molecule has 1 fully saturated rings. The number of anilines is 1. The fraction of sp³-hybridized carbons (Fsp3) is 0.455. The number of hydrogen-bond acceptors (Lipinski definition) is 6. The van der Waals surface area contributed by atoms with Crippen molar-refractivity contribution >= 4 is 33.3 Å². The zero-order chi connectivity index (χ0) is 15.5. The van der Waals surface area contributed by atoms with Crippen LogP contribution < -0.4 is 21.3 Å². The van der Waals surface area contributed by atoms with Crippen molar-refractivity contribution in [2.45, 2.75) is 30.2 Å². The Balaban J connectivity index is 1.91. The average Bonchev–Trinajstić information content (AvgIpc) is 3.22. The van der Waals surface area contributed by atoms with Gasteiger partial charge in [-0.05, 0) is 18.9 Å². The van der Waals surface area contributed by atoms with E-state index < -0.39 is 10.0 Å². The summed E-state index contributed by atoms with van der Waals surface area (Å²) in [7, 11) is -3.76. The molecule has 1 aliphatic rings. The fourth-order valence-electron chi connectivity index (χ4n) is 1.58. The van der Waals surface area contributed by atoms with Crippen LogP contribution in [0.1, 0.15) is 19.3 Å². The van der Waals surface area contributed by atoms with E-state index in [1.807, 2.05) is 0 Å². The molecular formula is C11H16ClN5O3S. The van der Waals surface area contributed by atoms with E-state index in [0.717, 1.165) is 19.0 Å². The average molecular weight is 334 g/mol. The van der Waals surface area contributed by atoms with Crippen molar-refractivity contribution in [3.63, 3.8) is 0 Å². The molecule has 0 bridgehead atoms. The van der Waals surface area contributed by atoms with Crippen molar-refractivity contribution in [3.8, 4) is 0 Å². The van der Waals surface area contributed by atoms with Gasteiger partial charge in [-0.15, -0.1) is 0 Å². The summed E-state index contributed by atoms with van der Waals surface area (Å²) in [5, 5.41) is 2.86. The van der Waals surface area contributed by atoms with E-state index in [0.29, 0.717) is 0 Å². The van der Waals surface area contributed by atoms with Gasteiger partial charge in [0.05, 0.1) is 5.02 Å². The smallest absolute Gasteiger partial charge is 0.242 e. The van der Waals surface area contributed by atoms with E-state index in [-0.39, 0.29) is 40.7 Å². The largest absolute Gasteiger partial charge is 0.353 e. The van der Waals surface area contributed by atoms with Gasteiger partial charge in [0.2, 0.25) is 15.9 Å². The summed E-state index contributed by atoms with van der Waals surface area (Å²) in [5.74, 6) is 5.17. The zero-order valence-corrected chi connectivity index (χ0v) is 12.7. The first-order valence-corrected chi connectivity index (χ1v) is 8.19. The van der Waals surface area contributed by atoms with E-state index in [4.69, 9.17) is 17.4 Å². The highest BCUT2D eigenvalue weighted by Crippen LogP contribution is 2.21. The highest BCUT2D eigenvalue weighted by Gasteiger charge is 2.23. The number of nitrogen functional groups attached to an aromatic ring is 1. The molecule has 0 unspecified atom stereocenters. The fourth-order valence-corrected chi connectivity index (χ4v) is 2.87. The van der Waals surface area contributed by atoms with Crippen LogP contribution in [0.2, 0.25) is 5.02 Å². The van der Waals surface area contributed by atoms with E-state index in [2.05, 4.69) is 20.4 Å². The van der Waals surface area contributed by atoms with Crippen molar-refractivity contribution in [2.24, 2.45) is 5.84 Å². The summed E-state index contributed by atoms with van der Waals surface area (Å²) in [6, 6.07) is 1.49. The topological polar surface area (TPSA) is 126 Å². The van der Waals surface area contributed by atoms with E-state index in [1.54, 1.807) is 0 Å². The van der Waals surface area contributed by atoms with Gasteiger partial charge in [-0.25, -0.2) is 24.0 Å². The maximum absolute atomic E-state index is 12.0. The molecule has 1 aromatic heterocycles. The van der Waals surface area contributed by atoms with Crippen molar-refractivity contribution in [1.29, 1.82) is 0 Å². The normalized spacial score (nSPS) is 14.8. The van der Waals surface area contributed by atoms with Gasteiger partial charge in [0, 0.05) is 25.2 Å². The number of nitrogens with two attached hydrogens (primary N) is 1. The van der Waals surface area contributed by atoms with Gasteiger partial charge in [0.25, 0.3) is 0 Å². The van der Waals surface area contributed by atoms with Crippen LogP contribution in [0.5, 0.6) is 0 Å². The standard InChI is InChI=1S/C11H16ClN5O3S/c12-9-5-8(6-14-11(9)17-13)21(19,20)15-4-3-10(18)16-7-1-2-7/h5-7,15H,1-4,13H2,(H,14,17)(H,16,18). The summed E-state index contributed by atoms with van der Waals surface area (Å²) in [6.07, 6.45) is 3.19. The lowest BCUT2D eigenvalue weighted by Gasteiger charge is -2.08. The Morgan fingerprint density at radius 3 is 2.76 bits per heavy atom. The molecular weight excluding hydrogens is 318 g/mol. The molecule has 1 aromatic rings. The first kappa shape index (κ1) is 16.0. The van der Waals surface area contributed by atoms with Gasteiger partial charge in [0.1, 0.15) is 4.90 Å². The minimum Gasteiger partial charge on any atom is -0.353 e. The maximum Gasteiger partial charge on any atom is 0.242 e. The molecule has 8 nitrogen and oxygen atoms in total. The van der Waals surface area contributed by atoms with Crippen molar-refractivity contribution in [3.05, 3.63) is 17.3 Å². The summed E-state index contributed by atoms with van der Waals surface area (Å²) < 4.78 is 26.3. The third-order valence-corrected chi connectivity index (χ3v) is 4.57. The lowest BCUT2D eigenvalue weighted by atomic mass is 10.4. The molecule has 1 amide bonds. The number of halogens is 1. The first-order chi connectivity index (χ1) is 9.92. The molecule has 0 aromatic carbocycles. The van der Waals surface area contributed by atoms with Crippen molar-refractivity contribution < 1.29 is 13.2 Å². The Hall–Kier alpha value is -1.42. The SMILES string of the molecule is NNc1ncc(S(=O)(=O)NCCC(=O)NC2CC2)cc1Cl. The number of aromatic nitrogens is 1. The first-order valence-electron chi connectivity index (χ1n) is 6.33. The van der Waals surface area contributed by atoms with Gasteiger partial charge in [0.15, 0.2) is 5.82 Å². The van der Waals surface area contributed by atoms with Crippen LogP contribution >= 0.6 is 11.6 Å². The van der Waals surface area contributed by atoms with Crippen LogP contribution in [0.4, 0.5) is 5.82 Å². The second-order valence-corrected chi connectivity index (χ2v) is 6.81. The van der Waals surface area contributed by atoms with Gasteiger partial charge >= 0.3 is 0 Å². The second kappa shape index (κ2) is 6.56. The van der Waals surface area contributed by atoms with Crippen LogP contribution in [0.25, 0.3) is 0 Å². The quantitative estimate of drug-likeness (QED) is 0.410. The Morgan fingerprint density at radius 2 is 2.19 bits per heavy atom. The third-order valence-electron chi connectivity index (χ3n) is 2.85. The van der Waals surface area contributed by atoms with E-state index >= 15 is 0 Å². The van der Waals surface area contributed by atoms with Crippen molar-refractivity contribution in [1.82, 2.24) is 15.0 Å². The number of carbonyl (C=O) groups excluding carboxylic acids is 1. The lowest BCUT2D eigenvalue weighted by Crippen LogP contribution is -2.31. The summed E-state index contributed by atoms with van der Waals surface area (Å²) in [6.45, 7) is 0.00932. The zero-order valence-electron chi connectivity index (χ0n) is 11.1. The number of hydrazine groups is 1.